The molecule has 0 unspecified atom stereocenters. The van der Waals surface area contributed by atoms with Gasteiger partial charge in [0.15, 0.2) is 0 Å². The third-order valence-corrected chi connectivity index (χ3v) is 3.47. The highest BCUT2D eigenvalue weighted by Gasteiger charge is 2.22. The lowest BCUT2D eigenvalue weighted by Gasteiger charge is -2.16. The van der Waals surface area contributed by atoms with Gasteiger partial charge in [0, 0.05) is 10.1 Å². The number of hydrogen-bond acceptors (Lipinski definition) is 3. The first-order valence-electron chi connectivity index (χ1n) is 4.48. The van der Waals surface area contributed by atoms with Crippen molar-refractivity contribution in [3.63, 3.8) is 0 Å². The maximum Gasteiger partial charge on any atom is 0.336 e. The number of carbonyl (C=O) groups is 1. The first kappa shape index (κ1) is 14.4. The Morgan fingerprint density at radius 1 is 1.41 bits per heavy atom. The fraction of sp³-hybridized carbons (Fsp3) is 0.222. The summed E-state index contributed by atoms with van der Waals surface area (Å²) in [7, 11) is -4.52. The van der Waals surface area contributed by atoms with Gasteiger partial charge in [-0.25, -0.2) is 0 Å². The van der Waals surface area contributed by atoms with E-state index in [1.165, 1.54) is 0 Å². The first-order chi connectivity index (χ1) is 7.79. The number of halogens is 1. The summed E-state index contributed by atoms with van der Waals surface area (Å²) < 4.78 is 32.2. The standard InChI is InChI=1S/C9H10INO5S/c10-8-3-1-2-7(4-8)5-11(6-9(12)13)17(14,15)16/h1-4H,5-6H2,(H,12,13)(H,14,15,16). The molecule has 1 aromatic carbocycles. The molecule has 0 fully saturated rings. The molecule has 0 spiro atoms. The van der Waals surface area contributed by atoms with Crippen LogP contribution in [0.1, 0.15) is 5.56 Å². The molecule has 8 heteroatoms. The quantitative estimate of drug-likeness (QED) is 0.595. The Kier molecular flexibility index (Phi) is 4.86. The topological polar surface area (TPSA) is 94.9 Å². The van der Waals surface area contributed by atoms with Gasteiger partial charge in [-0.05, 0) is 40.3 Å². The summed E-state index contributed by atoms with van der Waals surface area (Å²) in [5, 5.41) is 8.56. The fourth-order valence-corrected chi connectivity index (χ4v) is 2.40. The summed E-state index contributed by atoms with van der Waals surface area (Å²) in [4.78, 5) is 10.5. The van der Waals surface area contributed by atoms with Crippen LogP contribution in [0.25, 0.3) is 0 Å². The minimum atomic E-state index is -4.52. The van der Waals surface area contributed by atoms with Crippen molar-refractivity contribution in [2.75, 3.05) is 6.54 Å². The van der Waals surface area contributed by atoms with Crippen molar-refractivity contribution in [2.45, 2.75) is 6.54 Å². The van der Waals surface area contributed by atoms with Crippen LogP contribution in [0.5, 0.6) is 0 Å². The van der Waals surface area contributed by atoms with Gasteiger partial charge in [-0.15, -0.1) is 0 Å². The van der Waals surface area contributed by atoms with Crippen LogP contribution in [0.3, 0.4) is 0 Å². The second kappa shape index (κ2) is 5.76. The number of rotatable bonds is 5. The molecule has 0 aliphatic rings. The molecule has 0 aromatic heterocycles. The van der Waals surface area contributed by atoms with Crippen molar-refractivity contribution >= 4 is 38.9 Å². The highest BCUT2D eigenvalue weighted by molar-refractivity contribution is 14.1. The van der Waals surface area contributed by atoms with Crippen molar-refractivity contribution in [3.05, 3.63) is 33.4 Å². The van der Waals surface area contributed by atoms with Gasteiger partial charge in [0.25, 0.3) is 0 Å². The number of benzene rings is 1. The Morgan fingerprint density at radius 3 is 2.53 bits per heavy atom. The van der Waals surface area contributed by atoms with E-state index in [2.05, 4.69) is 22.6 Å². The van der Waals surface area contributed by atoms with Crippen molar-refractivity contribution < 1.29 is 22.9 Å². The molecule has 0 aliphatic carbocycles. The van der Waals surface area contributed by atoms with E-state index in [4.69, 9.17) is 9.66 Å². The van der Waals surface area contributed by atoms with Crippen LogP contribution >= 0.6 is 22.6 Å². The van der Waals surface area contributed by atoms with Gasteiger partial charge in [0.05, 0.1) is 0 Å². The Bertz CT molecular complexity index is 516. The Morgan fingerprint density at radius 2 is 2.06 bits per heavy atom. The Labute approximate surface area is 112 Å². The number of carboxylic acid groups (broad SMARTS) is 1. The van der Waals surface area contributed by atoms with E-state index in [-0.39, 0.29) is 6.54 Å². The molecule has 0 saturated heterocycles. The lowest BCUT2D eigenvalue weighted by Crippen LogP contribution is -2.34. The summed E-state index contributed by atoms with van der Waals surface area (Å²) in [6.07, 6.45) is 0. The van der Waals surface area contributed by atoms with Crippen molar-refractivity contribution in [1.29, 1.82) is 0 Å². The second-order valence-electron chi connectivity index (χ2n) is 3.27. The zero-order valence-corrected chi connectivity index (χ0v) is 11.6. The normalized spacial score (nSPS) is 11.7. The summed E-state index contributed by atoms with van der Waals surface area (Å²) in [5.41, 5.74) is 0.607. The largest absolute Gasteiger partial charge is 0.480 e. The predicted octanol–water partition coefficient (Wildman–Crippen LogP) is 0.981. The molecule has 0 aliphatic heterocycles. The SMILES string of the molecule is O=C(O)CN(Cc1cccc(I)c1)S(=O)(=O)O. The molecule has 0 heterocycles. The molecule has 94 valence electrons. The minimum absolute atomic E-state index is 0.179. The summed E-state index contributed by atoms with van der Waals surface area (Å²) in [6.45, 7) is -0.952. The molecule has 0 atom stereocenters. The average molecular weight is 371 g/mol. The highest BCUT2D eigenvalue weighted by Crippen LogP contribution is 2.12. The third-order valence-electron chi connectivity index (χ3n) is 1.89. The van der Waals surface area contributed by atoms with Crippen LogP contribution in [-0.4, -0.2) is 34.9 Å². The van der Waals surface area contributed by atoms with Gasteiger partial charge in [-0.3, -0.25) is 9.35 Å². The van der Waals surface area contributed by atoms with Gasteiger partial charge in [-0.2, -0.15) is 12.7 Å². The maximum absolute atomic E-state index is 11.0. The maximum atomic E-state index is 11.0. The third kappa shape index (κ3) is 4.98. The zero-order valence-electron chi connectivity index (χ0n) is 8.58. The molecule has 0 amide bonds. The van der Waals surface area contributed by atoms with E-state index >= 15 is 0 Å². The average Bonchev–Trinajstić information content (AvgIpc) is 2.14. The molecule has 6 nitrogen and oxygen atoms in total. The van der Waals surface area contributed by atoms with Crippen molar-refractivity contribution in [1.82, 2.24) is 4.31 Å². The molecule has 0 bridgehead atoms. The van der Waals surface area contributed by atoms with Crippen LogP contribution in [0.4, 0.5) is 0 Å². The van der Waals surface area contributed by atoms with Gasteiger partial charge < -0.3 is 5.11 Å². The number of carboxylic acids is 1. The van der Waals surface area contributed by atoms with E-state index in [1.807, 2.05) is 6.07 Å². The smallest absolute Gasteiger partial charge is 0.336 e. The van der Waals surface area contributed by atoms with Gasteiger partial charge in [0.2, 0.25) is 0 Å². The van der Waals surface area contributed by atoms with Gasteiger partial charge in [0.1, 0.15) is 6.54 Å². The molecule has 0 radical (unpaired) electrons. The number of aliphatic carboxylic acids is 1. The summed E-state index contributed by atoms with van der Waals surface area (Å²) >= 11 is 2.05. The van der Waals surface area contributed by atoms with Crippen LogP contribution < -0.4 is 0 Å². The lowest BCUT2D eigenvalue weighted by atomic mass is 10.2. The predicted molar refractivity (Wildman–Crippen MR) is 68.8 cm³/mol. The molecule has 17 heavy (non-hydrogen) atoms. The molecule has 1 rings (SSSR count). The van der Waals surface area contributed by atoms with Crippen LogP contribution in [0.15, 0.2) is 24.3 Å². The van der Waals surface area contributed by atoms with E-state index in [1.54, 1.807) is 18.2 Å². The molecular formula is C9H10INO5S. The Balaban J connectivity index is 2.91. The Hall–Kier alpha value is -0.710. The monoisotopic (exact) mass is 371 g/mol. The molecule has 0 saturated carbocycles. The van der Waals surface area contributed by atoms with Crippen LogP contribution in [0, 0.1) is 3.57 Å². The second-order valence-corrected chi connectivity index (χ2v) is 5.93. The molecule has 1 aromatic rings. The van der Waals surface area contributed by atoms with E-state index < -0.39 is 22.8 Å². The van der Waals surface area contributed by atoms with Crippen LogP contribution in [0.2, 0.25) is 0 Å². The van der Waals surface area contributed by atoms with E-state index in [9.17, 15) is 13.2 Å². The van der Waals surface area contributed by atoms with E-state index in [0.717, 1.165) is 3.57 Å². The minimum Gasteiger partial charge on any atom is -0.480 e. The molecule has 2 N–H and O–H groups in total. The molecular weight excluding hydrogens is 361 g/mol. The number of nitrogens with zero attached hydrogens (tertiary/aromatic N) is 1. The van der Waals surface area contributed by atoms with Crippen molar-refractivity contribution in [2.24, 2.45) is 0 Å². The lowest BCUT2D eigenvalue weighted by molar-refractivity contribution is -0.137. The fourth-order valence-electron chi connectivity index (χ4n) is 1.21. The summed E-state index contributed by atoms with van der Waals surface area (Å²) in [5.74, 6) is -1.33. The highest BCUT2D eigenvalue weighted by atomic mass is 127. The first-order valence-corrected chi connectivity index (χ1v) is 6.95. The zero-order chi connectivity index (χ0) is 13.1. The van der Waals surface area contributed by atoms with Crippen molar-refractivity contribution in [3.8, 4) is 0 Å². The van der Waals surface area contributed by atoms with Crippen LogP contribution in [-0.2, 0) is 21.6 Å². The van der Waals surface area contributed by atoms with Gasteiger partial charge >= 0.3 is 16.3 Å². The summed E-state index contributed by atoms with van der Waals surface area (Å²) in [6, 6.07) is 6.90. The number of hydrogen-bond donors (Lipinski definition) is 2. The van der Waals surface area contributed by atoms with E-state index in [0.29, 0.717) is 9.87 Å². The van der Waals surface area contributed by atoms with Gasteiger partial charge in [-0.1, -0.05) is 12.1 Å².